The van der Waals surface area contributed by atoms with Crippen molar-refractivity contribution in [3.05, 3.63) is 88.5 Å². The van der Waals surface area contributed by atoms with Gasteiger partial charge in [-0.2, -0.15) is 10.2 Å². The van der Waals surface area contributed by atoms with Gasteiger partial charge in [0, 0.05) is 12.1 Å². The van der Waals surface area contributed by atoms with Crippen LogP contribution in [-0.4, -0.2) is 23.7 Å². The van der Waals surface area contributed by atoms with Gasteiger partial charge in [0.2, 0.25) is 0 Å². The van der Waals surface area contributed by atoms with E-state index in [-0.39, 0.29) is 23.6 Å². The van der Waals surface area contributed by atoms with Crippen molar-refractivity contribution in [3.63, 3.8) is 0 Å². The number of nitro benzene ring substituents is 1. The third-order valence-corrected chi connectivity index (χ3v) is 3.97. The van der Waals surface area contributed by atoms with Crippen molar-refractivity contribution in [2.75, 3.05) is 6.61 Å². The van der Waals surface area contributed by atoms with Gasteiger partial charge in [-0.1, -0.05) is 5.92 Å². The highest BCUT2D eigenvalue weighted by molar-refractivity contribution is 5.95. The number of rotatable bonds is 7. The smallest absolute Gasteiger partial charge is 0.481 e. The summed E-state index contributed by atoms with van der Waals surface area (Å²) in [5.41, 5.74) is 0.966. The summed E-state index contributed by atoms with van der Waals surface area (Å²) in [6.07, 6.45) is 3.87. The van der Waals surface area contributed by atoms with Crippen LogP contribution in [0, 0.1) is 22.5 Å². The standard InChI is InChI=1S/C23H15N3O7/c1-2-15-31-20-11-7-18(8-12-20)25-24-17-5-3-16(4-6-17)22(27)33-23(28)32-21-13-9-19(10-14-21)26(29)30/h1,3-14H,15H2. The predicted octanol–water partition coefficient (Wildman–Crippen LogP) is 5.38. The molecule has 164 valence electrons. The summed E-state index contributed by atoms with van der Waals surface area (Å²) in [7, 11) is 0. The average Bonchev–Trinajstić information content (AvgIpc) is 2.82. The number of carbonyl (C=O) groups is 2. The normalized spacial score (nSPS) is 10.3. The maximum absolute atomic E-state index is 12.1. The lowest BCUT2D eigenvalue weighted by molar-refractivity contribution is -0.384. The molecule has 0 N–H and O–H groups in total. The summed E-state index contributed by atoms with van der Waals surface area (Å²) in [6.45, 7) is 0.171. The fourth-order valence-electron chi connectivity index (χ4n) is 2.40. The second-order valence-electron chi connectivity index (χ2n) is 6.23. The Labute approximate surface area is 187 Å². The van der Waals surface area contributed by atoms with E-state index < -0.39 is 17.0 Å². The molecule has 0 fully saturated rings. The van der Waals surface area contributed by atoms with Gasteiger partial charge in [0.25, 0.3) is 5.69 Å². The fourth-order valence-corrected chi connectivity index (χ4v) is 2.40. The van der Waals surface area contributed by atoms with E-state index >= 15 is 0 Å². The maximum Gasteiger partial charge on any atom is 0.521 e. The predicted molar refractivity (Wildman–Crippen MR) is 116 cm³/mol. The summed E-state index contributed by atoms with van der Waals surface area (Å²) in [4.78, 5) is 33.9. The molecule has 0 spiro atoms. The SMILES string of the molecule is C#CCOc1ccc(N=Nc2ccc(C(=O)OC(=O)Oc3ccc([N+](=O)[O-])cc3)cc2)cc1. The van der Waals surface area contributed by atoms with Crippen LogP contribution in [0.25, 0.3) is 0 Å². The van der Waals surface area contributed by atoms with Crippen molar-refractivity contribution in [2.24, 2.45) is 10.2 Å². The van der Waals surface area contributed by atoms with E-state index in [1.54, 1.807) is 24.3 Å². The van der Waals surface area contributed by atoms with E-state index in [9.17, 15) is 19.7 Å². The number of non-ortho nitro benzene ring substituents is 1. The first-order chi connectivity index (χ1) is 15.9. The number of azo groups is 1. The second-order valence-corrected chi connectivity index (χ2v) is 6.23. The molecule has 0 saturated heterocycles. The number of esters is 1. The molecule has 0 bridgehead atoms. The van der Waals surface area contributed by atoms with Gasteiger partial charge in [0.05, 0.1) is 21.9 Å². The third-order valence-electron chi connectivity index (χ3n) is 3.97. The summed E-state index contributed by atoms with van der Waals surface area (Å²) >= 11 is 0. The minimum absolute atomic E-state index is 0.00944. The van der Waals surface area contributed by atoms with Crippen molar-refractivity contribution >= 4 is 29.2 Å². The molecule has 33 heavy (non-hydrogen) atoms. The zero-order valence-electron chi connectivity index (χ0n) is 16.9. The lowest BCUT2D eigenvalue weighted by atomic mass is 10.2. The number of carbonyl (C=O) groups excluding carboxylic acids is 2. The van der Waals surface area contributed by atoms with E-state index in [1.165, 1.54) is 36.4 Å². The highest BCUT2D eigenvalue weighted by atomic mass is 16.7. The molecule has 0 aliphatic carbocycles. The lowest BCUT2D eigenvalue weighted by Gasteiger charge is -2.04. The van der Waals surface area contributed by atoms with Gasteiger partial charge in [-0.25, -0.2) is 9.59 Å². The molecule has 0 saturated carbocycles. The van der Waals surface area contributed by atoms with Crippen LogP contribution in [-0.2, 0) is 4.74 Å². The Morgan fingerprint density at radius 3 is 1.97 bits per heavy atom. The highest BCUT2D eigenvalue weighted by Gasteiger charge is 2.16. The minimum atomic E-state index is -1.27. The maximum atomic E-state index is 12.1. The Morgan fingerprint density at radius 2 is 1.42 bits per heavy atom. The zero-order chi connectivity index (χ0) is 23.6. The highest BCUT2D eigenvalue weighted by Crippen LogP contribution is 2.22. The van der Waals surface area contributed by atoms with Crippen molar-refractivity contribution in [2.45, 2.75) is 0 Å². The second kappa shape index (κ2) is 10.8. The van der Waals surface area contributed by atoms with Crippen molar-refractivity contribution in [1.82, 2.24) is 0 Å². The first-order valence-corrected chi connectivity index (χ1v) is 9.31. The van der Waals surface area contributed by atoms with Gasteiger partial charge in [-0.15, -0.1) is 6.42 Å². The Bertz CT molecular complexity index is 1210. The van der Waals surface area contributed by atoms with Crippen molar-refractivity contribution in [3.8, 4) is 23.8 Å². The van der Waals surface area contributed by atoms with E-state index in [2.05, 4.69) is 20.9 Å². The van der Waals surface area contributed by atoms with Gasteiger partial charge in [0.15, 0.2) is 0 Å². The lowest BCUT2D eigenvalue weighted by Crippen LogP contribution is -2.16. The number of hydrogen-bond donors (Lipinski definition) is 0. The van der Waals surface area contributed by atoms with E-state index in [1.807, 2.05) is 0 Å². The molecule has 3 rings (SSSR count). The van der Waals surface area contributed by atoms with Crippen LogP contribution < -0.4 is 9.47 Å². The van der Waals surface area contributed by atoms with Crippen molar-refractivity contribution < 1.29 is 28.7 Å². The van der Waals surface area contributed by atoms with Crippen LogP contribution in [0.1, 0.15) is 10.4 Å². The zero-order valence-corrected chi connectivity index (χ0v) is 16.9. The van der Waals surface area contributed by atoms with Crippen LogP contribution in [0.4, 0.5) is 21.9 Å². The summed E-state index contributed by atoms with van der Waals surface area (Å²) in [5, 5.41) is 18.8. The first-order valence-electron chi connectivity index (χ1n) is 9.31. The Kier molecular flexibility index (Phi) is 7.43. The van der Waals surface area contributed by atoms with E-state index in [4.69, 9.17) is 15.9 Å². The summed E-state index contributed by atoms with van der Waals surface area (Å²) in [6, 6.07) is 17.4. The van der Waals surface area contributed by atoms with Crippen molar-refractivity contribution in [1.29, 1.82) is 0 Å². The van der Waals surface area contributed by atoms with Gasteiger partial charge in [-0.05, 0) is 60.7 Å². The molecule has 0 aliphatic heterocycles. The van der Waals surface area contributed by atoms with Crippen LogP contribution >= 0.6 is 0 Å². The monoisotopic (exact) mass is 445 g/mol. The molecule has 10 nitrogen and oxygen atoms in total. The molecule has 0 amide bonds. The number of benzene rings is 3. The summed E-state index contributed by atoms with van der Waals surface area (Å²) < 4.78 is 14.7. The van der Waals surface area contributed by atoms with Gasteiger partial charge >= 0.3 is 12.1 Å². The molecule has 3 aromatic carbocycles. The molecule has 0 heterocycles. The molecular weight excluding hydrogens is 430 g/mol. The Hall–Kier alpha value is -5.04. The summed E-state index contributed by atoms with van der Waals surface area (Å²) in [5.74, 6) is 2.04. The molecule has 0 aliphatic rings. The third kappa shape index (κ3) is 6.73. The number of nitro groups is 1. The van der Waals surface area contributed by atoms with Crippen LogP contribution in [0.3, 0.4) is 0 Å². The Balaban J connectivity index is 1.53. The topological polar surface area (TPSA) is 130 Å². The average molecular weight is 445 g/mol. The van der Waals surface area contributed by atoms with Gasteiger partial charge in [-0.3, -0.25) is 10.1 Å². The minimum Gasteiger partial charge on any atom is -0.481 e. The number of nitrogens with zero attached hydrogens (tertiary/aromatic N) is 3. The van der Waals surface area contributed by atoms with E-state index in [0.29, 0.717) is 17.1 Å². The molecule has 3 aromatic rings. The van der Waals surface area contributed by atoms with Crippen LogP contribution in [0.5, 0.6) is 11.5 Å². The molecule has 0 unspecified atom stereocenters. The molecule has 0 radical (unpaired) electrons. The molecule has 0 aromatic heterocycles. The molecule has 10 heteroatoms. The first kappa shape index (κ1) is 22.6. The van der Waals surface area contributed by atoms with Gasteiger partial charge in [0.1, 0.15) is 18.1 Å². The Morgan fingerprint density at radius 1 is 0.879 bits per heavy atom. The quantitative estimate of drug-likeness (QED) is 0.0908. The number of ether oxygens (including phenoxy) is 3. The number of hydrogen-bond acceptors (Lipinski definition) is 9. The van der Waals surface area contributed by atoms with E-state index in [0.717, 1.165) is 12.1 Å². The fraction of sp³-hybridized carbons (Fsp3) is 0.0435. The van der Waals surface area contributed by atoms with Crippen LogP contribution in [0.2, 0.25) is 0 Å². The van der Waals surface area contributed by atoms with Gasteiger partial charge < -0.3 is 14.2 Å². The largest absolute Gasteiger partial charge is 0.521 e. The molecule has 0 atom stereocenters. The number of terminal acetylenes is 1. The van der Waals surface area contributed by atoms with Crippen LogP contribution in [0.15, 0.2) is 83.0 Å². The molecular formula is C23H15N3O7.